The van der Waals surface area contributed by atoms with Crippen LogP contribution in [-0.4, -0.2) is 58.4 Å². The number of carbonyl (C=O) groups excluding carboxylic acids is 1. The smallest absolute Gasteiger partial charge is 0.234 e. The van der Waals surface area contributed by atoms with Gasteiger partial charge in [0.15, 0.2) is 5.82 Å². The van der Waals surface area contributed by atoms with E-state index in [1.165, 1.54) is 11.3 Å². The van der Waals surface area contributed by atoms with Crippen molar-refractivity contribution in [3.8, 4) is 5.75 Å². The number of aromatic nitrogens is 4. The van der Waals surface area contributed by atoms with Crippen molar-refractivity contribution in [3.05, 3.63) is 40.7 Å². The molecule has 0 spiro atoms. The van der Waals surface area contributed by atoms with Crippen molar-refractivity contribution < 1.29 is 9.53 Å². The fraction of sp³-hybridized carbons (Fsp3) is 0.444. The Balaban J connectivity index is 1.53. The van der Waals surface area contributed by atoms with E-state index in [0.29, 0.717) is 19.4 Å². The number of rotatable bonds is 8. The summed E-state index contributed by atoms with van der Waals surface area (Å²) in [5, 5.41) is 16.4. The average molecular weight is 388 g/mol. The van der Waals surface area contributed by atoms with Gasteiger partial charge in [0.1, 0.15) is 10.8 Å². The van der Waals surface area contributed by atoms with E-state index in [9.17, 15) is 4.79 Å². The Labute approximate surface area is 162 Å². The highest BCUT2D eigenvalue weighted by Gasteiger charge is 2.16. The van der Waals surface area contributed by atoms with Crippen molar-refractivity contribution in [2.24, 2.45) is 0 Å². The van der Waals surface area contributed by atoms with E-state index in [-0.39, 0.29) is 11.9 Å². The van der Waals surface area contributed by atoms with Gasteiger partial charge in [-0.25, -0.2) is 0 Å². The largest absolute Gasteiger partial charge is 0.497 e. The van der Waals surface area contributed by atoms with Gasteiger partial charge in [-0.2, -0.15) is 9.61 Å². The van der Waals surface area contributed by atoms with Gasteiger partial charge in [-0.15, -0.1) is 10.2 Å². The fourth-order valence-corrected chi connectivity index (χ4v) is 3.68. The molecule has 0 aliphatic rings. The summed E-state index contributed by atoms with van der Waals surface area (Å²) in [4.78, 5) is 15.1. The van der Waals surface area contributed by atoms with Gasteiger partial charge in [-0.3, -0.25) is 4.79 Å². The first-order chi connectivity index (χ1) is 13.0. The molecule has 0 aliphatic heterocycles. The number of nitrogens with zero attached hydrogens (tertiary/aromatic N) is 5. The molecule has 1 amide bonds. The van der Waals surface area contributed by atoms with Gasteiger partial charge in [-0.1, -0.05) is 23.5 Å². The zero-order valence-electron chi connectivity index (χ0n) is 16.0. The quantitative estimate of drug-likeness (QED) is 0.634. The normalized spacial score (nSPS) is 12.5. The lowest BCUT2D eigenvalue weighted by Gasteiger charge is -2.25. The van der Waals surface area contributed by atoms with Crippen LogP contribution < -0.4 is 10.1 Å². The lowest BCUT2D eigenvalue weighted by molar-refractivity contribution is -0.121. The molecule has 0 saturated heterocycles. The van der Waals surface area contributed by atoms with Crippen molar-refractivity contribution in [2.45, 2.75) is 25.8 Å². The Morgan fingerprint density at radius 3 is 2.67 bits per heavy atom. The van der Waals surface area contributed by atoms with Crippen LogP contribution in [0.2, 0.25) is 0 Å². The summed E-state index contributed by atoms with van der Waals surface area (Å²) in [7, 11) is 5.65. The number of hydrogen-bond donors (Lipinski definition) is 1. The van der Waals surface area contributed by atoms with E-state index in [1.807, 2.05) is 45.3 Å². The second-order valence-corrected chi connectivity index (χ2v) is 7.53. The van der Waals surface area contributed by atoms with Crippen LogP contribution in [0.15, 0.2) is 24.3 Å². The summed E-state index contributed by atoms with van der Waals surface area (Å²) in [6, 6.07) is 8.01. The number of likely N-dealkylation sites (N-methyl/N-ethyl adjacent to an activating group) is 1. The molecular weight excluding hydrogens is 364 g/mol. The highest BCUT2D eigenvalue weighted by molar-refractivity contribution is 7.16. The first-order valence-corrected chi connectivity index (χ1v) is 9.54. The molecule has 1 unspecified atom stereocenters. The van der Waals surface area contributed by atoms with Gasteiger partial charge in [0.05, 0.1) is 13.2 Å². The molecule has 0 saturated carbocycles. The molecule has 2 heterocycles. The molecule has 2 aromatic heterocycles. The van der Waals surface area contributed by atoms with Crippen LogP contribution in [0.4, 0.5) is 0 Å². The molecule has 144 valence electrons. The summed E-state index contributed by atoms with van der Waals surface area (Å²) < 4.78 is 6.92. The maximum atomic E-state index is 12.3. The minimum atomic E-state index is 0.0121. The zero-order valence-corrected chi connectivity index (χ0v) is 16.8. The number of nitrogens with one attached hydrogen (secondary N) is 1. The van der Waals surface area contributed by atoms with Crippen molar-refractivity contribution >= 4 is 22.2 Å². The summed E-state index contributed by atoms with van der Waals surface area (Å²) >= 11 is 1.47. The second-order valence-electron chi connectivity index (χ2n) is 6.49. The third kappa shape index (κ3) is 4.61. The standard InChI is InChI=1S/C18H24N6O2S/c1-12-20-21-18-24(12)22-17(27-18)10-9-16(25)19-11-15(23(2)3)13-5-7-14(26-4)8-6-13/h5-8,15H,9-11H2,1-4H3,(H,19,25). The zero-order chi connectivity index (χ0) is 19.4. The molecule has 1 atom stereocenters. The molecule has 0 bridgehead atoms. The van der Waals surface area contributed by atoms with Crippen molar-refractivity contribution in [3.63, 3.8) is 0 Å². The highest BCUT2D eigenvalue weighted by Crippen LogP contribution is 2.21. The highest BCUT2D eigenvalue weighted by atomic mass is 32.1. The Morgan fingerprint density at radius 2 is 2.04 bits per heavy atom. The third-order valence-corrected chi connectivity index (χ3v) is 5.33. The number of hydrogen-bond acceptors (Lipinski definition) is 7. The van der Waals surface area contributed by atoms with E-state index < -0.39 is 0 Å². The first kappa shape index (κ1) is 19.2. The van der Waals surface area contributed by atoms with Crippen LogP contribution in [0.25, 0.3) is 4.96 Å². The number of benzene rings is 1. The van der Waals surface area contributed by atoms with E-state index in [1.54, 1.807) is 11.6 Å². The molecule has 3 aromatic rings. The predicted molar refractivity (Wildman–Crippen MR) is 104 cm³/mol. The van der Waals surface area contributed by atoms with E-state index >= 15 is 0 Å². The summed E-state index contributed by atoms with van der Waals surface area (Å²) in [6.07, 6.45) is 0.986. The van der Waals surface area contributed by atoms with Gasteiger partial charge in [0, 0.05) is 19.4 Å². The fourth-order valence-electron chi connectivity index (χ4n) is 2.80. The number of aryl methyl sites for hydroxylation is 2. The third-order valence-electron chi connectivity index (χ3n) is 4.37. The molecule has 9 heteroatoms. The number of ether oxygens (including phenoxy) is 1. The summed E-state index contributed by atoms with van der Waals surface area (Å²) in [5.41, 5.74) is 1.13. The molecule has 0 aliphatic carbocycles. The maximum Gasteiger partial charge on any atom is 0.234 e. The lowest BCUT2D eigenvalue weighted by atomic mass is 10.1. The Kier molecular flexibility index (Phi) is 6.02. The Morgan fingerprint density at radius 1 is 1.30 bits per heavy atom. The van der Waals surface area contributed by atoms with Gasteiger partial charge < -0.3 is 15.0 Å². The molecule has 0 fully saturated rings. The van der Waals surface area contributed by atoms with Crippen LogP contribution in [-0.2, 0) is 11.2 Å². The van der Waals surface area contributed by atoms with Crippen molar-refractivity contribution in [2.75, 3.05) is 27.7 Å². The number of amides is 1. The van der Waals surface area contributed by atoms with E-state index in [4.69, 9.17) is 4.74 Å². The van der Waals surface area contributed by atoms with Crippen molar-refractivity contribution in [1.29, 1.82) is 0 Å². The number of carbonyl (C=O) groups is 1. The second kappa shape index (κ2) is 8.45. The minimum Gasteiger partial charge on any atom is -0.497 e. The Bertz CT molecular complexity index is 902. The summed E-state index contributed by atoms with van der Waals surface area (Å²) in [6.45, 7) is 2.40. The van der Waals surface area contributed by atoms with E-state index in [0.717, 1.165) is 27.1 Å². The van der Waals surface area contributed by atoms with Crippen LogP contribution >= 0.6 is 11.3 Å². The minimum absolute atomic E-state index is 0.0121. The Hall–Kier alpha value is -2.52. The van der Waals surface area contributed by atoms with E-state index in [2.05, 4.69) is 25.5 Å². The molecule has 8 nitrogen and oxygen atoms in total. The van der Waals surface area contributed by atoms with Crippen LogP contribution in [0.1, 0.15) is 28.9 Å². The van der Waals surface area contributed by atoms with Crippen LogP contribution in [0.3, 0.4) is 0 Å². The number of fused-ring (bicyclic) bond motifs is 1. The molecule has 1 N–H and O–H groups in total. The topological polar surface area (TPSA) is 84.6 Å². The van der Waals surface area contributed by atoms with Crippen molar-refractivity contribution in [1.82, 2.24) is 30.0 Å². The molecular formula is C18H24N6O2S. The van der Waals surface area contributed by atoms with Gasteiger partial charge in [0.25, 0.3) is 0 Å². The van der Waals surface area contributed by atoms with Crippen LogP contribution in [0.5, 0.6) is 5.75 Å². The molecule has 3 rings (SSSR count). The average Bonchev–Trinajstić information content (AvgIpc) is 3.22. The van der Waals surface area contributed by atoms with Gasteiger partial charge >= 0.3 is 0 Å². The summed E-state index contributed by atoms with van der Waals surface area (Å²) in [5.74, 6) is 1.59. The first-order valence-electron chi connectivity index (χ1n) is 8.72. The van der Waals surface area contributed by atoms with Crippen LogP contribution in [0, 0.1) is 6.92 Å². The lowest BCUT2D eigenvalue weighted by Crippen LogP contribution is -2.34. The maximum absolute atomic E-state index is 12.3. The molecule has 27 heavy (non-hydrogen) atoms. The molecule has 0 radical (unpaired) electrons. The van der Waals surface area contributed by atoms with Gasteiger partial charge in [-0.05, 0) is 38.7 Å². The SMILES string of the molecule is COc1ccc(C(CNC(=O)CCc2nn3c(C)nnc3s2)N(C)C)cc1. The van der Waals surface area contributed by atoms with Gasteiger partial charge in [0.2, 0.25) is 10.9 Å². The monoisotopic (exact) mass is 388 g/mol. The predicted octanol–water partition coefficient (Wildman–Crippen LogP) is 1.85. The number of methoxy groups -OCH3 is 1. The molecule has 1 aromatic carbocycles.